The van der Waals surface area contributed by atoms with Gasteiger partial charge in [0.2, 0.25) is 0 Å². The Hall–Kier alpha value is -3.08. The summed E-state index contributed by atoms with van der Waals surface area (Å²) in [4.78, 5) is 4.81. The molecular weight excluding hydrogens is 315 g/mol. The number of hydrogen-bond acceptors (Lipinski definition) is 3. The molecule has 0 amide bonds. The van der Waals surface area contributed by atoms with Crippen molar-refractivity contribution in [1.82, 2.24) is 20.0 Å². The number of aromatic nitrogens is 4. The number of nitrogens with zero attached hydrogens (tertiary/aromatic N) is 4. The summed E-state index contributed by atoms with van der Waals surface area (Å²) in [5, 5.41) is 9.60. The van der Waals surface area contributed by atoms with Gasteiger partial charge in [0, 0.05) is 5.39 Å². The van der Waals surface area contributed by atoms with Gasteiger partial charge < -0.3 is 0 Å². The maximum absolute atomic E-state index is 13.1. The summed E-state index contributed by atoms with van der Waals surface area (Å²) in [6, 6.07) is 16.4. The van der Waals surface area contributed by atoms with Crippen molar-refractivity contribution >= 4 is 10.9 Å². The van der Waals surface area contributed by atoms with E-state index in [1.807, 2.05) is 24.4 Å². The monoisotopic (exact) mass is 332 g/mol. The predicted octanol–water partition coefficient (Wildman–Crippen LogP) is 4.57. The second kappa shape index (κ2) is 6.43. The van der Waals surface area contributed by atoms with Crippen molar-refractivity contribution in [3.8, 4) is 17.1 Å². The zero-order chi connectivity index (χ0) is 17.2. The van der Waals surface area contributed by atoms with Gasteiger partial charge in [-0.05, 0) is 48.4 Å². The Morgan fingerprint density at radius 3 is 2.64 bits per heavy atom. The molecule has 2 aromatic heterocycles. The number of halogens is 1. The van der Waals surface area contributed by atoms with Crippen molar-refractivity contribution in [2.24, 2.45) is 0 Å². The van der Waals surface area contributed by atoms with Gasteiger partial charge in [0.25, 0.3) is 0 Å². The summed E-state index contributed by atoms with van der Waals surface area (Å²) >= 11 is 0. The minimum atomic E-state index is -0.273. The minimum absolute atomic E-state index is 0.273. The Labute approximate surface area is 145 Å². The molecule has 25 heavy (non-hydrogen) atoms. The molecule has 0 atom stereocenters. The van der Waals surface area contributed by atoms with Gasteiger partial charge in [-0.15, -0.1) is 5.10 Å². The molecule has 0 unspecified atom stereocenters. The number of pyridine rings is 1. The third-order valence-electron chi connectivity index (χ3n) is 4.15. The van der Waals surface area contributed by atoms with E-state index in [9.17, 15) is 4.39 Å². The molecule has 4 nitrogen and oxygen atoms in total. The molecule has 0 radical (unpaired) electrons. The van der Waals surface area contributed by atoms with Crippen LogP contribution in [-0.2, 0) is 6.42 Å². The summed E-state index contributed by atoms with van der Waals surface area (Å²) < 4.78 is 14.7. The molecule has 0 aliphatic heterocycles. The highest BCUT2D eigenvalue weighted by molar-refractivity contribution is 5.82. The number of hydrogen-bond donors (Lipinski definition) is 0. The molecule has 0 saturated carbocycles. The molecular formula is C20H17FN4. The molecule has 5 heteroatoms. The lowest BCUT2D eigenvalue weighted by molar-refractivity contribution is 0.626. The van der Waals surface area contributed by atoms with Crippen LogP contribution in [0.2, 0.25) is 0 Å². The fourth-order valence-corrected chi connectivity index (χ4v) is 2.93. The molecule has 4 aromatic rings. The van der Waals surface area contributed by atoms with Gasteiger partial charge in [0.15, 0.2) is 0 Å². The topological polar surface area (TPSA) is 43.6 Å². The van der Waals surface area contributed by atoms with Crippen LogP contribution in [0.1, 0.15) is 18.9 Å². The third-order valence-corrected chi connectivity index (χ3v) is 4.15. The largest absolute Gasteiger partial charge is 0.246 e. The van der Waals surface area contributed by atoms with E-state index in [0.29, 0.717) is 0 Å². The van der Waals surface area contributed by atoms with E-state index in [-0.39, 0.29) is 5.82 Å². The highest BCUT2D eigenvalue weighted by Crippen LogP contribution is 2.25. The van der Waals surface area contributed by atoms with E-state index in [1.165, 1.54) is 12.1 Å². The highest BCUT2D eigenvalue weighted by atomic mass is 19.1. The molecule has 124 valence electrons. The summed E-state index contributed by atoms with van der Waals surface area (Å²) in [5.41, 5.74) is 4.44. The number of fused-ring (bicyclic) bond motifs is 1. The Morgan fingerprint density at radius 2 is 1.84 bits per heavy atom. The molecule has 0 N–H and O–H groups in total. The van der Waals surface area contributed by atoms with Crippen LogP contribution in [0.5, 0.6) is 0 Å². The van der Waals surface area contributed by atoms with Gasteiger partial charge in [-0.25, -0.2) is 14.1 Å². The fourth-order valence-electron chi connectivity index (χ4n) is 2.93. The summed E-state index contributed by atoms with van der Waals surface area (Å²) in [7, 11) is 0. The average Bonchev–Trinajstić information content (AvgIpc) is 3.12. The zero-order valence-corrected chi connectivity index (χ0v) is 13.9. The van der Waals surface area contributed by atoms with Gasteiger partial charge in [-0.3, -0.25) is 0 Å². The number of para-hydroxylation sites is 1. The van der Waals surface area contributed by atoms with Crippen molar-refractivity contribution in [3.05, 3.63) is 72.2 Å². The lowest BCUT2D eigenvalue weighted by Gasteiger charge is -2.07. The Balaban J connectivity index is 1.81. The van der Waals surface area contributed by atoms with Crippen LogP contribution in [-0.4, -0.2) is 20.0 Å². The van der Waals surface area contributed by atoms with Crippen LogP contribution in [0.4, 0.5) is 4.39 Å². The van der Waals surface area contributed by atoms with Crippen LogP contribution < -0.4 is 0 Å². The van der Waals surface area contributed by atoms with Crippen molar-refractivity contribution in [1.29, 1.82) is 0 Å². The maximum atomic E-state index is 13.1. The molecule has 0 aliphatic rings. The highest BCUT2D eigenvalue weighted by Gasteiger charge is 2.13. The normalized spacial score (nSPS) is 11.1. The van der Waals surface area contributed by atoms with Crippen LogP contribution in [0.15, 0.2) is 60.8 Å². The average molecular weight is 332 g/mol. The van der Waals surface area contributed by atoms with E-state index in [1.54, 1.807) is 16.8 Å². The van der Waals surface area contributed by atoms with Gasteiger partial charge in [0.05, 0.1) is 23.1 Å². The Kier molecular flexibility index (Phi) is 3.98. The SMILES string of the molecule is CCCc1cc2ccccc2nc1-c1cn(-c2ccc(F)cc2)nn1. The number of benzene rings is 2. The molecule has 0 bridgehead atoms. The lowest BCUT2D eigenvalue weighted by atomic mass is 10.0. The van der Waals surface area contributed by atoms with Crippen molar-refractivity contribution < 1.29 is 4.39 Å². The van der Waals surface area contributed by atoms with Crippen LogP contribution in [0, 0.1) is 5.82 Å². The standard InChI is InChI=1S/C20H17FN4/c1-2-5-15-12-14-6-3-4-7-18(14)22-20(15)19-13-25(24-23-19)17-10-8-16(21)9-11-17/h3-4,6-13H,2,5H2,1H3. The van der Waals surface area contributed by atoms with Crippen molar-refractivity contribution in [2.45, 2.75) is 19.8 Å². The first-order valence-corrected chi connectivity index (χ1v) is 8.32. The van der Waals surface area contributed by atoms with Gasteiger partial charge in [-0.2, -0.15) is 0 Å². The van der Waals surface area contributed by atoms with E-state index < -0.39 is 0 Å². The lowest BCUT2D eigenvalue weighted by Crippen LogP contribution is -1.95. The smallest absolute Gasteiger partial charge is 0.132 e. The van der Waals surface area contributed by atoms with Crippen molar-refractivity contribution in [3.63, 3.8) is 0 Å². The molecule has 2 aromatic carbocycles. The van der Waals surface area contributed by atoms with Gasteiger partial charge in [-0.1, -0.05) is 36.8 Å². The third kappa shape index (κ3) is 3.01. The Morgan fingerprint density at radius 1 is 1.04 bits per heavy atom. The molecule has 0 fully saturated rings. The van der Waals surface area contributed by atoms with Crippen LogP contribution >= 0.6 is 0 Å². The summed E-state index contributed by atoms with van der Waals surface area (Å²) in [5.74, 6) is -0.273. The van der Waals surface area contributed by atoms with Crippen LogP contribution in [0.25, 0.3) is 28.0 Å². The zero-order valence-electron chi connectivity index (χ0n) is 13.9. The first-order valence-electron chi connectivity index (χ1n) is 8.32. The summed E-state index contributed by atoms with van der Waals surface area (Å²) in [6.07, 6.45) is 3.79. The van der Waals surface area contributed by atoms with Gasteiger partial charge >= 0.3 is 0 Å². The predicted molar refractivity (Wildman–Crippen MR) is 96.0 cm³/mol. The minimum Gasteiger partial charge on any atom is -0.246 e. The first kappa shape index (κ1) is 15.4. The molecule has 0 spiro atoms. The van der Waals surface area contributed by atoms with E-state index in [0.717, 1.165) is 46.4 Å². The molecule has 0 aliphatic carbocycles. The van der Waals surface area contributed by atoms with Gasteiger partial charge in [0.1, 0.15) is 11.5 Å². The quantitative estimate of drug-likeness (QED) is 0.550. The van der Waals surface area contributed by atoms with Crippen molar-refractivity contribution in [2.75, 3.05) is 0 Å². The number of aryl methyl sites for hydroxylation is 1. The second-order valence-electron chi connectivity index (χ2n) is 5.96. The second-order valence-corrected chi connectivity index (χ2v) is 5.96. The van der Waals surface area contributed by atoms with E-state index in [4.69, 9.17) is 4.98 Å². The van der Waals surface area contributed by atoms with E-state index in [2.05, 4.69) is 29.4 Å². The number of rotatable bonds is 4. The first-order chi connectivity index (χ1) is 12.2. The summed E-state index contributed by atoms with van der Waals surface area (Å²) in [6.45, 7) is 2.15. The molecule has 2 heterocycles. The maximum Gasteiger partial charge on any atom is 0.132 e. The van der Waals surface area contributed by atoms with Crippen LogP contribution in [0.3, 0.4) is 0 Å². The Bertz CT molecular complexity index is 1020. The fraction of sp³-hybridized carbons (Fsp3) is 0.150. The molecule has 4 rings (SSSR count). The van der Waals surface area contributed by atoms with E-state index >= 15 is 0 Å². The molecule has 0 saturated heterocycles.